The molecule has 0 saturated heterocycles. The molecule has 3 aromatic carbocycles. The molecule has 0 aromatic heterocycles. The summed E-state index contributed by atoms with van der Waals surface area (Å²) < 4.78 is 0. The van der Waals surface area contributed by atoms with Crippen molar-refractivity contribution in [2.75, 3.05) is 33.7 Å². The molecule has 2 bridgehead atoms. The molecule has 2 amide bonds. The van der Waals surface area contributed by atoms with E-state index in [1.807, 2.05) is 61.5 Å². The van der Waals surface area contributed by atoms with Crippen LogP contribution >= 0.6 is 11.6 Å². The minimum absolute atomic E-state index is 0.107. The Labute approximate surface area is 174 Å². The number of nitrogens with zero attached hydrogens (tertiary/aromatic N) is 1. The van der Waals surface area contributed by atoms with Crippen molar-refractivity contribution in [3.63, 3.8) is 0 Å². The van der Waals surface area contributed by atoms with E-state index in [2.05, 4.69) is 10.6 Å². The van der Waals surface area contributed by atoms with Gasteiger partial charge in [0, 0.05) is 46.4 Å². The van der Waals surface area contributed by atoms with Crippen LogP contribution in [0.2, 0.25) is 5.02 Å². The lowest BCUT2D eigenvalue weighted by molar-refractivity contribution is 0.0944. The molecule has 29 heavy (non-hydrogen) atoms. The van der Waals surface area contributed by atoms with Crippen LogP contribution in [0.3, 0.4) is 0 Å². The molecule has 0 aliphatic carbocycles. The molecular formula is C23H22ClN3O2. The zero-order valence-corrected chi connectivity index (χ0v) is 17.1. The molecule has 6 heteroatoms. The van der Waals surface area contributed by atoms with E-state index in [9.17, 15) is 9.59 Å². The van der Waals surface area contributed by atoms with Gasteiger partial charge in [-0.15, -0.1) is 0 Å². The van der Waals surface area contributed by atoms with E-state index < -0.39 is 0 Å². The van der Waals surface area contributed by atoms with Gasteiger partial charge in [-0.2, -0.15) is 0 Å². The summed E-state index contributed by atoms with van der Waals surface area (Å²) >= 11 is 6.45. The fraction of sp³-hybridized carbons (Fsp3) is 0.217. The monoisotopic (exact) mass is 407 g/mol. The van der Waals surface area contributed by atoms with Crippen molar-refractivity contribution in [3.8, 4) is 0 Å². The Hall–Kier alpha value is -2.89. The standard InChI is InChI=1S/C23H22ClN3O2/c1-27(2)9-8-25-22(28)16-5-3-4-15(12-16)19-13-26-23(29)18-11-14-6-7-20(24)17(10-14)21(18)19/h3-7,10-12H,8-9,13H2,1-2H3,(H,25,28)(H,26,29). The molecule has 0 radical (unpaired) electrons. The molecule has 3 aromatic rings. The van der Waals surface area contributed by atoms with E-state index in [1.54, 1.807) is 6.07 Å². The third-order valence-electron chi connectivity index (χ3n) is 5.13. The summed E-state index contributed by atoms with van der Waals surface area (Å²) in [4.78, 5) is 27.1. The number of carbonyl (C=O) groups is 2. The predicted molar refractivity (Wildman–Crippen MR) is 116 cm³/mol. The van der Waals surface area contributed by atoms with Gasteiger partial charge in [0.1, 0.15) is 0 Å². The van der Waals surface area contributed by atoms with Crippen LogP contribution in [0, 0.1) is 0 Å². The highest BCUT2D eigenvalue weighted by atomic mass is 35.5. The summed E-state index contributed by atoms with van der Waals surface area (Å²) in [5.41, 5.74) is 3.06. The predicted octanol–water partition coefficient (Wildman–Crippen LogP) is 2.45. The largest absolute Gasteiger partial charge is 0.351 e. The van der Waals surface area contributed by atoms with Crippen molar-refractivity contribution >= 4 is 39.8 Å². The molecule has 5 nitrogen and oxygen atoms in total. The van der Waals surface area contributed by atoms with Crippen LogP contribution in [0.25, 0.3) is 16.3 Å². The number of fused-ring (bicyclic) bond motifs is 4. The zero-order chi connectivity index (χ0) is 20.5. The van der Waals surface area contributed by atoms with E-state index in [-0.39, 0.29) is 11.8 Å². The van der Waals surface area contributed by atoms with E-state index in [0.717, 1.165) is 33.7 Å². The number of amides is 2. The van der Waals surface area contributed by atoms with Crippen molar-refractivity contribution in [2.45, 2.75) is 0 Å². The lowest BCUT2D eigenvalue weighted by Gasteiger charge is -2.20. The maximum atomic E-state index is 12.5. The van der Waals surface area contributed by atoms with Gasteiger partial charge >= 0.3 is 0 Å². The summed E-state index contributed by atoms with van der Waals surface area (Å²) in [5, 5.41) is 9.14. The highest BCUT2D eigenvalue weighted by Gasteiger charge is 2.21. The fourth-order valence-corrected chi connectivity index (χ4v) is 3.87. The Balaban J connectivity index is 1.81. The van der Waals surface area contributed by atoms with Gasteiger partial charge in [-0.1, -0.05) is 29.8 Å². The van der Waals surface area contributed by atoms with E-state index in [1.165, 1.54) is 0 Å². The van der Waals surface area contributed by atoms with Crippen LogP contribution in [-0.2, 0) is 0 Å². The van der Waals surface area contributed by atoms with Gasteiger partial charge in [0.25, 0.3) is 11.8 Å². The Morgan fingerprint density at radius 1 is 1.17 bits per heavy atom. The van der Waals surface area contributed by atoms with Gasteiger partial charge in [-0.3, -0.25) is 9.59 Å². The number of hydrogen-bond donors (Lipinski definition) is 2. The number of rotatable bonds is 5. The van der Waals surface area contributed by atoms with Gasteiger partial charge in [0.2, 0.25) is 0 Å². The Morgan fingerprint density at radius 3 is 2.79 bits per heavy atom. The molecule has 1 heterocycles. The van der Waals surface area contributed by atoms with Crippen molar-refractivity contribution in [1.29, 1.82) is 0 Å². The third-order valence-corrected chi connectivity index (χ3v) is 5.46. The molecule has 0 unspecified atom stereocenters. The van der Waals surface area contributed by atoms with Crippen LogP contribution in [0.4, 0.5) is 0 Å². The van der Waals surface area contributed by atoms with Gasteiger partial charge < -0.3 is 15.5 Å². The minimum atomic E-state index is -0.112. The summed E-state index contributed by atoms with van der Waals surface area (Å²) in [7, 11) is 3.93. The van der Waals surface area contributed by atoms with Gasteiger partial charge in [0.15, 0.2) is 0 Å². The summed E-state index contributed by atoms with van der Waals surface area (Å²) in [6, 6.07) is 15.1. The number of nitrogens with one attached hydrogen (secondary N) is 2. The molecule has 0 fully saturated rings. The maximum absolute atomic E-state index is 12.5. The first kappa shape index (κ1) is 19.4. The van der Waals surface area contributed by atoms with Crippen LogP contribution in [-0.4, -0.2) is 50.4 Å². The van der Waals surface area contributed by atoms with Crippen LogP contribution in [0.1, 0.15) is 26.3 Å². The first-order chi connectivity index (χ1) is 13.9. The number of likely N-dealkylation sites (N-methyl/N-ethyl adjacent to an activating group) is 1. The molecule has 0 saturated carbocycles. The van der Waals surface area contributed by atoms with Crippen molar-refractivity contribution in [1.82, 2.24) is 15.5 Å². The molecule has 0 atom stereocenters. The quantitative estimate of drug-likeness (QED) is 0.683. The summed E-state index contributed by atoms with van der Waals surface area (Å²) in [6.07, 6.45) is 0. The second kappa shape index (κ2) is 7.85. The number of halogens is 1. The van der Waals surface area contributed by atoms with E-state index in [0.29, 0.717) is 29.2 Å². The van der Waals surface area contributed by atoms with Crippen molar-refractivity contribution < 1.29 is 9.59 Å². The van der Waals surface area contributed by atoms with Crippen molar-refractivity contribution in [2.24, 2.45) is 0 Å². The van der Waals surface area contributed by atoms with Crippen LogP contribution in [0.5, 0.6) is 0 Å². The highest BCUT2D eigenvalue weighted by molar-refractivity contribution is 6.34. The topological polar surface area (TPSA) is 61.4 Å². The smallest absolute Gasteiger partial charge is 0.252 e. The summed E-state index contributed by atoms with van der Waals surface area (Å²) in [6.45, 7) is 1.74. The first-order valence-electron chi connectivity index (χ1n) is 9.51. The number of benzene rings is 3. The SMILES string of the molecule is CN(C)CCNC(=O)c1cccc(C2=c3c(cc4ccc(Cl)c3c4)C(=O)NC2)c1. The van der Waals surface area contributed by atoms with Gasteiger partial charge in [0.05, 0.1) is 0 Å². The average molecular weight is 408 g/mol. The Bertz CT molecular complexity index is 1170. The Morgan fingerprint density at radius 2 is 2.00 bits per heavy atom. The number of hydrogen-bond acceptors (Lipinski definition) is 3. The zero-order valence-electron chi connectivity index (χ0n) is 16.4. The molecule has 2 N–H and O–H groups in total. The maximum Gasteiger partial charge on any atom is 0.252 e. The second-order valence-corrected chi connectivity index (χ2v) is 7.88. The van der Waals surface area contributed by atoms with Gasteiger partial charge in [-0.05, 0) is 60.9 Å². The van der Waals surface area contributed by atoms with Gasteiger partial charge in [-0.25, -0.2) is 0 Å². The molecule has 0 spiro atoms. The molecule has 148 valence electrons. The second-order valence-electron chi connectivity index (χ2n) is 7.47. The van der Waals surface area contributed by atoms with E-state index >= 15 is 0 Å². The molecule has 4 rings (SSSR count). The Kier molecular flexibility index (Phi) is 5.26. The first-order valence-corrected chi connectivity index (χ1v) is 9.88. The third kappa shape index (κ3) is 3.84. The van der Waals surface area contributed by atoms with Crippen LogP contribution < -0.4 is 15.9 Å². The lowest BCUT2D eigenvalue weighted by atomic mass is 9.92. The average Bonchev–Trinajstić information content (AvgIpc) is 2.71. The van der Waals surface area contributed by atoms with Crippen LogP contribution in [0.15, 0.2) is 48.5 Å². The van der Waals surface area contributed by atoms with Crippen molar-refractivity contribution in [3.05, 3.63) is 75.5 Å². The normalized spacial score (nSPS) is 13.5. The number of carbonyl (C=O) groups excluding carboxylic acids is 2. The lowest BCUT2D eigenvalue weighted by Crippen LogP contribution is -2.38. The molecule has 1 aliphatic heterocycles. The highest BCUT2D eigenvalue weighted by Crippen LogP contribution is 2.24. The molecular weight excluding hydrogens is 386 g/mol. The fourth-order valence-electron chi connectivity index (χ4n) is 3.65. The van der Waals surface area contributed by atoms with E-state index in [4.69, 9.17) is 11.6 Å². The summed E-state index contributed by atoms with van der Waals surface area (Å²) in [5.74, 6) is -0.220. The minimum Gasteiger partial charge on any atom is -0.351 e. The molecule has 1 aliphatic rings.